The Hall–Kier alpha value is -4.20. The minimum Gasteiger partial charge on any atom is -0.493 e. The largest absolute Gasteiger partial charge is 0.493 e. The molecule has 3 aromatic rings. The van der Waals surface area contributed by atoms with Gasteiger partial charge in [-0.2, -0.15) is 5.26 Å². The van der Waals surface area contributed by atoms with Crippen molar-refractivity contribution < 1.29 is 24.0 Å². The van der Waals surface area contributed by atoms with Crippen molar-refractivity contribution in [3.8, 4) is 17.6 Å². The number of ether oxygens (including phenoxy) is 2. The van der Waals surface area contributed by atoms with Gasteiger partial charge in [-0.05, 0) is 57.9 Å². The molecule has 0 atom stereocenters. The van der Waals surface area contributed by atoms with Crippen molar-refractivity contribution in [3.63, 3.8) is 0 Å². The Morgan fingerprint density at radius 2 is 1.89 bits per heavy atom. The molecule has 0 aromatic heterocycles. The van der Waals surface area contributed by atoms with E-state index >= 15 is 0 Å². The van der Waals surface area contributed by atoms with Crippen molar-refractivity contribution in [1.29, 1.82) is 5.26 Å². The summed E-state index contributed by atoms with van der Waals surface area (Å²) in [5.74, 6) is -1.06. The lowest BCUT2D eigenvalue weighted by molar-refractivity contribution is -0.384. The number of methoxy groups -OCH3 is 1. The van der Waals surface area contributed by atoms with Crippen LogP contribution >= 0.6 is 27.5 Å². The summed E-state index contributed by atoms with van der Waals surface area (Å²) in [4.78, 5) is 35.3. The number of halogens is 2. The Morgan fingerprint density at radius 3 is 2.49 bits per heavy atom. The molecule has 0 bridgehead atoms. The first kappa shape index (κ1) is 25.4. The maximum atomic E-state index is 12.6. The fourth-order valence-corrected chi connectivity index (χ4v) is 3.63. The predicted octanol–water partition coefficient (Wildman–Crippen LogP) is 5.78. The number of nitrogens with zero attached hydrogens (tertiary/aromatic N) is 2. The van der Waals surface area contributed by atoms with Gasteiger partial charge in [0.25, 0.3) is 11.6 Å². The molecule has 0 unspecified atom stereocenters. The summed E-state index contributed by atoms with van der Waals surface area (Å²) in [6, 6.07) is 16.7. The van der Waals surface area contributed by atoms with Gasteiger partial charge in [0, 0.05) is 12.1 Å². The molecular formula is C24H15BrClN3O6. The average Bonchev–Trinajstić information content (AvgIpc) is 2.85. The minimum absolute atomic E-state index is 0.0566. The van der Waals surface area contributed by atoms with Gasteiger partial charge in [0.05, 0.1) is 32.8 Å². The third-order valence-corrected chi connectivity index (χ3v) is 5.45. The summed E-state index contributed by atoms with van der Waals surface area (Å²) >= 11 is 9.33. The molecule has 0 aliphatic rings. The smallest absolute Gasteiger partial charge is 0.343 e. The fraction of sp³-hybridized carbons (Fsp3) is 0.0417. The highest BCUT2D eigenvalue weighted by molar-refractivity contribution is 9.10. The molecule has 3 aromatic carbocycles. The Labute approximate surface area is 212 Å². The minimum atomic E-state index is -0.780. The molecule has 9 nitrogen and oxygen atoms in total. The summed E-state index contributed by atoms with van der Waals surface area (Å²) in [7, 11) is 1.38. The number of non-ortho nitro benzene ring substituents is 1. The molecular weight excluding hydrogens is 542 g/mol. The van der Waals surface area contributed by atoms with Gasteiger partial charge in [-0.15, -0.1) is 0 Å². The molecule has 1 amide bonds. The zero-order chi connectivity index (χ0) is 25.5. The monoisotopic (exact) mass is 555 g/mol. The van der Waals surface area contributed by atoms with Crippen molar-refractivity contribution in [3.05, 3.63) is 97.0 Å². The molecule has 0 spiro atoms. The van der Waals surface area contributed by atoms with Crippen molar-refractivity contribution in [2.75, 3.05) is 12.4 Å². The summed E-state index contributed by atoms with van der Waals surface area (Å²) < 4.78 is 11.1. The number of esters is 1. The summed E-state index contributed by atoms with van der Waals surface area (Å²) in [5.41, 5.74) is 0.329. The van der Waals surface area contributed by atoms with Crippen LogP contribution in [0.1, 0.15) is 15.9 Å². The Bertz CT molecular complexity index is 1390. The van der Waals surface area contributed by atoms with Crippen LogP contribution in [0, 0.1) is 21.4 Å². The highest BCUT2D eigenvalue weighted by Crippen LogP contribution is 2.38. The van der Waals surface area contributed by atoms with Crippen LogP contribution in [0.2, 0.25) is 5.02 Å². The number of anilines is 1. The summed E-state index contributed by atoms with van der Waals surface area (Å²) in [5, 5.41) is 22.7. The molecule has 0 saturated heterocycles. The quantitative estimate of drug-likeness (QED) is 0.0973. The van der Waals surface area contributed by atoms with Gasteiger partial charge in [0.15, 0.2) is 11.5 Å². The first-order chi connectivity index (χ1) is 16.7. The van der Waals surface area contributed by atoms with Gasteiger partial charge in [-0.1, -0.05) is 29.8 Å². The lowest BCUT2D eigenvalue weighted by Crippen LogP contribution is -2.14. The highest BCUT2D eigenvalue weighted by Gasteiger charge is 2.18. The molecule has 11 heteroatoms. The number of nitro benzene ring substituents is 1. The van der Waals surface area contributed by atoms with E-state index in [2.05, 4.69) is 21.2 Å². The summed E-state index contributed by atoms with van der Waals surface area (Å²) in [6.45, 7) is 0. The number of carbonyl (C=O) groups excluding carboxylic acids is 2. The first-order valence-electron chi connectivity index (χ1n) is 9.75. The number of rotatable bonds is 7. The van der Waals surface area contributed by atoms with E-state index in [0.717, 1.165) is 6.07 Å². The number of nitro groups is 1. The lowest BCUT2D eigenvalue weighted by atomic mass is 10.1. The van der Waals surface area contributed by atoms with Crippen LogP contribution in [0.25, 0.3) is 6.08 Å². The van der Waals surface area contributed by atoms with Crippen LogP contribution in [0.5, 0.6) is 11.5 Å². The molecule has 35 heavy (non-hydrogen) atoms. The predicted molar refractivity (Wildman–Crippen MR) is 132 cm³/mol. The van der Waals surface area contributed by atoms with E-state index in [1.807, 2.05) is 0 Å². The molecule has 3 rings (SSSR count). The molecule has 176 valence electrons. The number of hydrogen-bond donors (Lipinski definition) is 1. The van der Waals surface area contributed by atoms with Crippen LogP contribution in [0.4, 0.5) is 11.4 Å². The van der Waals surface area contributed by atoms with E-state index in [-0.39, 0.29) is 33.5 Å². The number of carbonyl (C=O) groups is 2. The van der Waals surface area contributed by atoms with Crippen molar-refractivity contribution in [1.82, 2.24) is 0 Å². The van der Waals surface area contributed by atoms with Crippen molar-refractivity contribution in [2.45, 2.75) is 0 Å². The second-order valence-electron chi connectivity index (χ2n) is 6.83. The molecule has 0 fully saturated rings. The molecule has 1 N–H and O–H groups in total. The van der Waals surface area contributed by atoms with Crippen LogP contribution in [0.15, 0.2) is 70.7 Å². The number of nitrogens with one attached hydrogen (secondary N) is 1. The Kier molecular flexibility index (Phi) is 8.20. The van der Waals surface area contributed by atoms with E-state index < -0.39 is 16.8 Å². The normalized spacial score (nSPS) is 10.7. The van der Waals surface area contributed by atoms with Gasteiger partial charge >= 0.3 is 5.97 Å². The SMILES string of the molecule is COc1cc(C=C(C#N)C(=O)Nc2ccc([N+](=O)[O-])cc2Cl)cc(Br)c1OC(=O)c1ccccc1. The highest BCUT2D eigenvalue weighted by atomic mass is 79.9. The van der Waals surface area contributed by atoms with Gasteiger partial charge in [-0.3, -0.25) is 14.9 Å². The van der Waals surface area contributed by atoms with E-state index in [0.29, 0.717) is 15.6 Å². The maximum Gasteiger partial charge on any atom is 0.343 e. The van der Waals surface area contributed by atoms with Crippen LogP contribution in [0.3, 0.4) is 0 Å². The van der Waals surface area contributed by atoms with Crippen molar-refractivity contribution in [2.24, 2.45) is 0 Å². The third kappa shape index (κ3) is 6.23. The van der Waals surface area contributed by atoms with E-state index in [1.54, 1.807) is 42.5 Å². The molecule has 0 saturated carbocycles. The molecule has 0 aliphatic heterocycles. The molecule has 0 radical (unpaired) electrons. The van der Waals surface area contributed by atoms with Crippen LogP contribution in [-0.4, -0.2) is 23.9 Å². The third-order valence-electron chi connectivity index (χ3n) is 4.54. The van der Waals surface area contributed by atoms with Crippen LogP contribution < -0.4 is 14.8 Å². The van der Waals surface area contributed by atoms with E-state index in [1.165, 1.54) is 31.4 Å². The fourth-order valence-electron chi connectivity index (χ4n) is 2.87. The lowest BCUT2D eigenvalue weighted by Gasteiger charge is -2.12. The van der Waals surface area contributed by atoms with Crippen LogP contribution in [-0.2, 0) is 4.79 Å². The van der Waals surface area contributed by atoms with E-state index in [9.17, 15) is 25.0 Å². The van der Waals surface area contributed by atoms with Gasteiger partial charge in [-0.25, -0.2) is 4.79 Å². The van der Waals surface area contributed by atoms with E-state index in [4.69, 9.17) is 21.1 Å². The number of benzene rings is 3. The zero-order valence-corrected chi connectivity index (χ0v) is 20.3. The number of nitriles is 1. The number of hydrogen-bond acceptors (Lipinski definition) is 7. The summed E-state index contributed by atoms with van der Waals surface area (Å²) in [6.07, 6.45) is 1.30. The molecule has 0 aliphatic carbocycles. The Balaban J connectivity index is 1.86. The van der Waals surface area contributed by atoms with Crippen molar-refractivity contribution >= 4 is 56.9 Å². The number of amides is 1. The first-order valence-corrected chi connectivity index (χ1v) is 10.9. The average molecular weight is 557 g/mol. The second-order valence-corrected chi connectivity index (χ2v) is 8.10. The van der Waals surface area contributed by atoms with Gasteiger partial charge in [0.1, 0.15) is 11.6 Å². The maximum absolute atomic E-state index is 12.6. The standard InChI is InChI=1S/C24H15BrClN3O6/c1-34-21-11-14(10-18(25)22(21)35-24(31)15-5-3-2-4-6-15)9-16(13-27)23(30)28-20-8-7-17(29(32)33)12-19(20)26/h2-12H,1H3,(H,28,30). The molecule has 0 heterocycles. The van der Waals surface area contributed by atoms with Gasteiger partial charge in [0.2, 0.25) is 0 Å². The second kappa shape index (κ2) is 11.3. The Morgan fingerprint density at radius 1 is 1.17 bits per heavy atom. The topological polar surface area (TPSA) is 132 Å². The zero-order valence-electron chi connectivity index (χ0n) is 18.0. The van der Waals surface area contributed by atoms with Gasteiger partial charge < -0.3 is 14.8 Å².